The summed E-state index contributed by atoms with van der Waals surface area (Å²) in [4.78, 5) is 13.9. The first-order chi connectivity index (χ1) is 11.2. The lowest BCUT2D eigenvalue weighted by atomic mass is 10.1. The molecule has 1 heterocycles. The molecule has 0 N–H and O–H groups in total. The summed E-state index contributed by atoms with van der Waals surface area (Å²) in [5.74, 6) is 1.41. The summed E-state index contributed by atoms with van der Waals surface area (Å²) in [5, 5.41) is 0. The van der Waals surface area contributed by atoms with Crippen molar-refractivity contribution in [1.29, 1.82) is 0 Å². The van der Waals surface area contributed by atoms with Crippen LogP contribution in [0.4, 0.5) is 5.69 Å². The molecule has 1 aromatic carbocycles. The maximum Gasteiger partial charge on any atom is 0.310 e. The quantitative estimate of drug-likeness (QED) is 0.781. The van der Waals surface area contributed by atoms with Gasteiger partial charge in [0.25, 0.3) is 0 Å². The fraction of sp³-hybridized carbons (Fsp3) is 0.611. The van der Waals surface area contributed by atoms with E-state index < -0.39 is 0 Å². The van der Waals surface area contributed by atoms with Crippen molar-refractivity contribution in [3.8, 4) is 11.5 Å². The third kappa shape index (κ3) is 3.54. The largest absolute Gasteiger partial charge is 0.493 e. The van der Waals surface area contributed by atoms with E-state index in [1.807, 2.05) is 18.2 Å². The standard InChI is InChI=1S/C18H25NO4/c1-21-16-8-7-14(11-17(16)23-15-5-3-4-6-15)19-10-9-13(12-19)18(20)22-2/h7-8,11,13,15H,3-6,9-10,12H2,1-2H3. The van der Waals surface area contributed by atoms with Crippen LogP contribution in [0.1, 0.15) is 32.1 Å². The second-order valence-corrected chi connectivity index (χ2v) is 6.31. The van der Waals surface area contributed by atoms with Crippen LogP contribution in [-0.2, 0) is 9.53 Å². The molecule has 2 aliphatic rings. The second kappa shape index (κ2) is 7.11. The number of methoxy groups -OCH3 is 2. The number of anilines is 1. The molecule has 1 saturated heterocycles. The summed E-state index contributed by atoms with van der Waals surface area (Å²) < 4.78 is 16.4. The van der Waals surface area contributed by atoms with Gasteiger partial charge in [-0.3, -0.25) is 4.79 Å². The molecular formula is C18H25NO4. The number of rotatable bonds is 5. The van der Waals surface area contributed by atoms with Crippen LogP contribution in [0.5, 0.6) is 11.5 Å². The number of esters is 1. The molecule has 0 aromatic heterocycles. The van der Waals surface area contributed by atoms with Crippen LogP contribution in [0.2, 0.25) is 0 Å². The van der Waals surface area contributed by atoms with Crippen molar-refractivity contribution >= 4 is 11.7 Å². The Bertz CT molecular complexity index is 554. The van der Waals surface area contributed by atoms with Crippen molar-refractivity contribution in [2.45, 2.75) is 38.2 Å². The third-order valence-electron chi connectivity index (χ3n) is 4.83. The first kappa shape index (κ1) is 16.0. The predicted molar refractivity (Wildman–Crippen MR) is 88.2 cm³/mol. The summed E-state index contributed by atoms with van der Waals surface area (Å²) in [6.45, 7) is 1.55. The van der Waals surface area contributed by atoms with E-state index in [9.17, 15) is 4.79 Å². The van der Waals surface area contributed by atoms with Gasteiger partial charge in [0, 0.05) is 24.8 Å². The zero-order valence-electron chi connectivity index (χ0n) is 13.9. The van der Waals surface area contributed by atoms with Crippen LogP contribution >= 0.6 is 0 Å². The van der Waals surface area contributed by atoms with Gasteiger partial charge < -0.3 is 19.1 Å². The number of benzene rings is 1. The molecule has 5 nitrogen and oxygen atoms in total. The lowest BCUT2D eigenvalue weighted by Crippen LogP contribution is -2.23. The van der Waals surface area contributed by atoms with Crippen molar-refractivity contribution in [1.82, 2.24) is 0 Å². The minimum Gasteiger partial charge on any atom is -0.493 e. The van der Waals surface area contributed by atoms with E-state index in [0.717, 1.165) is 43.0 Å². The van der Waals surface area contributed by atoms with Crippen LogP contribution in [0, 0.1) is 5.92 Å². The van der Waals surface area contributed by atoms with Crippen molar-refractivity contribution in [3.05, 3.63) is 18.2 Å². The van der Waals surface area contributed by atoms with E-state index in [1.165, 1.54) is 20.0 Å². The normalized spacial score (nSPS) is 21.5. The SMILES string of the molecule is COC(=O)C1CCN(c2ccc(OC)c(OC3CCCC3)c2)C1. The number of ether oxygens (including phenoxy) is 3. The average molecular weight is 319 g/mol. The predicted octanol–water partition coefficient (Wildman–Crippen LogP) is 3.02. The van der Waals surface area contributed by atoms with Gasteiger partial charge in [-0.1, -0.05) is 0 Å². The van der Waals surface area contributed by atoms with Gasteiger partial charge >= 0.3 is 5.97 Å². The highest BCUT2D eigenvalue weighted by molar-refractivity contribution is 5.74. The second-order valence-electron chi connectivity index (χ2n) is 6.31. The Morgan fingerprint density at radius 1 is 1.13 bits per heavy atom. The van der Waals surface area contributed by atoms with Gasteiger partial charge in [-0.15, -0.1) is 0 Å². The van der Waals surface area contributed by atoms with Crippen molar-refractivity contribution in [2.75, 3.05) is 32.2 Å². The zero-order valence-corrected chi connectivity index (χ0v) is 13.9. The fourth-order valence-corrected chi connectivity index (χ4v) is 3.49. The molecule has 23 heavy (non-hydrogen) atoms. The number of nitrogens with zero attached hydrogens (tertiary/aromatic N) is 1. The third-order valence-corrected chi connectivity index (χ3v) is 4.83. The summed E-state index contributed by atoms with van der Waals surface area (Å²) in [5.41, 5.74) is 1.07. The zero-order chi connectivity index (χ0) is 16.2. The Hall–Kier alpha value is -1.91. The number of carbonyl (C=O) groups is 1. The Labute approximate surface area is 137 Å². The van der Waals surface area contributed by atoms with Gasteiger partial charge in [0.1, 0.15) is 0 Å². The minimum absolute atomic E-state index is 0.0405. The average Bonchev–Trinajstić information content (AvgIpc) is 3.25. The molecule has 1 aliphatic carbocycles. The number of hydrogen-bond donors (Lipinski definition) is 0. The van der Waals surface area contributed by atoms with Crippen LogP contribution in [-0.4, -0.2) is 39.4 Å². The molecule has 1 aliphatic heterocycles. The van der Waals surface area contributed by atoms with Crippen molar-refractivity contribution < 1.29 is 19.0 Å². The smallest absolute Gasteiger partial charge is 0.310 e. The highest BCUT2D eigenvalue weighted by Crippen LogP contribution is 2.36. The van der Waals surface area contributed by atoms with Gasteiger partial charge in [-0.25, -0.2) is 0 Å². The first-order valence-corrected chi connectivity index (χ1v) is 8.38. The van der Waals surface area contributed by atoms with Crippen molar-refractivity contribution in [3.63, 3.8) is 0 Å². The Morgan fingerprint density at radius 3 is 2.61 bits per heavy atom. The van der Waals surface area contributed by atoms with Crippen molar-refractivity contribution in [2.24, 2.45) is 5.92 Å². The molecule has 5 heteroatoms. The fourth-order valence-electron chi connectivity index (χ4n) is 3.49. The molecular weight excluding hydrogens is 294 g/mol. The molecule has 0 amide bonds. The van der Waals surface area contributed by atoms with Crippen LogP contribution in [0.3, 0.4) is 0 Å². The maximum atomic E-state index is 11.7. The van der Waals surface area contributed by atoms with E-state index >= 15 is 0 Å². The Kier molecular flexibility index (Phi) is 4.94. The van der Waals surface area contributed by atoms with Gasteiger partial charge in [-0.05, 0) is 44.2 Å². The van der Waals surface area contributed by atoms with E-state index in [4.69, 9.17) is 14.2 Å². The first-order valence-electron chi connectivity index (χ1n) is 8.38. The number of hydrogen-bond acceptors (Lipinski definition) is 5. The summed E-state index contributed by atoms with van der Waals surface area (Å²) >= 11 is 0. The molecule has 126 valence electrons. The van der Waals surface area contributed by atoms with E-state index in [1.54, 1.807) is 7.11 Å². The lowest BCUT2D eigenvalue weighted by molar-refractivity contribution is -0.144. The maximum absolute atomic E-state index is 11.7. The topological polar surface area (TPSA) is 48.0 Å². The molecule has 1 aromatic rings. The van der Waals surface area contributed by atoms with Crippen LogP contribution in [0.25, 0.3) is 0 Å². The van der Waals surface area contributed by atoms with Crippen LogP contribution in [0.15, 0.2) is 18.2 Å². The minimum atomic E-state index is -0.122. The molecule has 1 unspecified atom stereocenters. The number of carbonyl (C=O) groups excluding carboxylic acids is 1. The summed E-state index contributed by atoms with van der Waals surface area (Å²) in [6, 6.07) is 6.02. The summed E-state index contributed by atoms with van der Waals surface area (Å²) in [7, 11) is 3.12. The van der Waals surface area contributed by atoms with E-state index in [-0.39, 0.29) is 11.9 Å². The molecule has 2 fully saturated rings. The Balaban J connectivity index is 1.74. The molecule has 0 radical (unpaired) electrons. The molecule has 1 atom stereocenters. The van der Waals surface area contributed by atoms with Gasteiger partial charge in [0.15, 0.2) is 11.5 Å². The van der Waals surface area contributed by atoms with Gasteiger partial charge in [0.2, 0.25) is 0 Å². The molecule has 1 saturated carbocycles. The molecule has 0 bridgehead atoms. The van der Waals surface area contributed by atoms with Gasteiger partial charge in [0.05, 0.1) is 26.2 Å². The summed E-state index contributed by atoms with van der Waals surface area (Å²) in [6.07, 6.45) is 5.82. The molecule has 0 spiro atoms. The Morgan fingerprint density at radius 2 is 1.91 bits per heavy atom. The highest BCUT2D eigenvalue weighted by Gasteiger charge is 2.29. The lowest BCUT2D eigenvalue weighted by Gasteiger charge is -2.22. The van der Waals surface area contributed by atoms with E-state index in [2.05, 4.69) is 4.90 Å². The highest BCUT2D eigenvalue weighted by atomic mass is 16.5. The van der Waals surface area contributed by atoms with Crippen LogP contribution < -0.4 is 14.4 Å². The monoisotopic (exact) mass is 319 g/mol. The van der Waals surface area contributed by atoms with Gasteiger partial charge in [-0.2, -0.15) is 0 Å². The van der Waals surface area contributed by atoms with E-state index in [0.29, 0.717) is 12.6 Å². The molecule has 3 rings (SSSR count).